The lowest BCUT2D eigenvalue weighted by molar-refractivity contribution is 0.913. The first kappa shape index (κ1) is 10.5. The van der Waals surface area contributed by atoms with Crippen LogP contribution in [0, 0.1) is 0 Å². The number of hydrogen-bond acceptors (Lipinski definition) is 1. The molecule has 15 heavy (non-hydrogen) atoms. The molecule has 78 valence electrons. The summed E-state index contributed by atoms with van der Waals surface area (Å²) in [6, 6.07) is 0. The van der Waals surface area contributed by atoms with Crippen molar-refractivity contribution in [3.05, 3.63) is 46.5 Å². The molecule has 0 N–H and O–H groups in total. The summed E-state index contributed by atoms with van der Waals surface area (Å²) in [6.07, 6.45) is 10.2. The van der Waals surface area contributed by atoms with Crippen molar-refractivity contribution in [1.82, 2.24) is 9.55 Å². The van der Waals surface area contributed by atoms with Gasteiger partial charge in [-0.1, -0.05) is 29.3 Å². The first-order valence-corrected chi connectivity index (χ1v) is 5.33. The lowest BCUT2D eigenvalue weighted by Crippen LogP contribution is -1.83. The number of allylic oxidation sites excluding steroid dienone is 6. The van der Waals surface area contributed by atoms with Gasteiger partial charge in [-0.05, 0) is 24.1 Å². The van der Waals surface area contributed by atoms with E-state index in [4.69, 9.17) is 23.2 Å². The third-order valence-electron chi connectivity index (χ3n) is 2.16. The van der Waals surface area contributed by atoms with E-state index in [1.807, 2.05) is 36.0 Å². The highest BCUT2D eigenvalue weighted by molar-refractivity contribution is 6.41. The molecular formula is C11H10Cl2N2. The number of aryl methyl sites for hydroxylation is 1. The van der Waals surface area contributed by atoms with Crippen LogP contribution in [0.2, 0.25) is 0 Å². The van der Waals surface area contributed by atoms with Crippen LogP contribution in [0.25, 0.3) is 5.57 Å². The van der Waals surface area contributed by atoms with Crippen LogP contribution < -0.4 is 0 Å². The van der Waals surface area contributed by atoms with Gasteiger partial charge in [0, 0.05) is 13.2 Å². The monoisotopic (exact) mass is 240 g/mol. The maximum atomic E-state index is 6.01. The highest BCUT2D eigenvalue weighted by Gasteiger charge is 2.08. The second-order valence-electron chi connectivity index (χ2n) is 3.40. The second-order valence-corrected chi connectivity index (χ2v) is 4.21. The summed E-state index contributed by atoms with van der Waals surface area (Å²) in [4.78, 5) is 4.28. The van der Waals surface area contributed by atoms with Gasteiger partial charge in [0.15, 0.2) is 0 Å². The van der Waals surface area contributed by atoms with Gasteiger partial charge in [-0.15, -0.1) is 0 Å². The summed E-state index contributed by atoms with van der Waals surface area (Å²) in [6.45, 7) is 0. The third kappa shape index (κ3) is 2.33. The average molecular weight is 241 g/mol. The van der Waals surface area contributed by atoms with Crippen LogP contribution in [0.1, 0.15) is 12.1 Å². The molecule has 4 heteroatoms. The lowest BCUT2D eigenvalue weighted by Gasteiger charge is -1.98. The van der Waals surface area contributed by atoms with Crippen molar-refractivity contribution < 1.29 is 0 Å². The lowest BCUT2D eigenvalue weighted by atomic mass is 10.1. The third-order valence-corrected chi connectivity index (χ3v) is 2.90. The molecule has 0 unspecified atom stereocenters. The highest BCUT2D eigenvalue weighted by atomic mass is 35.5. The highest BCUT2D eigenvalue weighted by Crippen LogP contribution is 2.27. The van der Waals surface area contributed by atoms with Gasteiger partial charge in [0.25, 0.3) is 0 Å². The molecule has 2 nitrogen and oxygen atoms in total. The van der Waals surface area contributed by atoms with Gasteiger partial charge in [-0.2, -0.15) is 0 Å². The van der Waals surface area contributed by atoms with E-state index in [1.54, 1.807) is 6.33 Å². The van der Waals surface area contributed by atoms with Gasteiger partial charge in [-0.25, -0.2) is 4.98 Å². The predicted molar refractivity (Wildman–Crippen MR) is 63.7 cm³/mol. The number of aromatic nitrogens is 2. The van der Waals surface area contributed by atoms with E-state index in [0.29, 0.717) is 10.1 Å². The zero-order chi connectivity index (χ0) is 10.8. The van der Waals surface area contributed by atoms with Gasteiger partial charge in [-0.3, -0.25) is 0 Å². The van der Waals surface area contributed by atoms with Crippen molar-refractivity contribution in [1.29, 1.82) is 0 Å². The van der Waals surface area contributed by atoms with E-state index >= 15 is 0 Å². The number of halogens is 2. The van der Waals surface area contributed by atoms with Crippen molar-refractivity contribution in [2.75, 3.05) is 0 Å². The van der Waals surface area contributed by atoms with E-state index in [9.17, 15) is 0 Å². The van der Waals surface area contributed by atoms with E-state index in [-0.39, 0.29) is 0 Å². The quantitative estimate of drug-likeness (QED) is 0.736. The van der Waals surface area contributed by atoms with Crippen molar-refractivity contribution in [3.63, 3.8) is 0 Å². The van der Waals surface area contributed by atoms with Crippen LogP contribution in [0.15, 0.2) is 40.8 Å². The SMILES string of the molecule is Cn1cnc(C2=CC(Cl)=C(Cl)C=CC2)c1. The van der Waals surface area contributed by atoms with Crippen LogP contribution in [0.4, 0.5) is 0 Å². The van der Waals surface area contributed by atoms with Gasteiger partial charge < -0.3 is 4.57 Å². The van der Waals surface area contributed by atoms with Crippen molar-refractivity contribution in [3.8, 4) is 0 Å². The minimum Gasteiger partial charge on any atom is -0.340 e. The van der Waals surface area contributed by atoms with Gasteiger partial charge in [0.05, 0.1) is 22.1 Å². The van der Waals surface area contributed by atoms with Crippen LogP contribution in [-0.2, 0) is 7.05 Å². The first-order valence-electron chi connectivity index (χ1n) is 4.57. The smallest absolute Gasteiger partial charge is 0.0951 e. The summed E-state index contributed by atoms with van der Waals surface area (Å²) < 4.78 is 1.91. The molecule has 1 aromatic heterocycles. The molecule has 0 radical (unpaired) electrons. The molecule has 1 aliphatic rings. The molecule has 0 saturated heterocycles. The largest absolute Gasteiger partial charge is 0.340 e. The Hall–Kier alpha value is -0.990. The molecule has 0 bridgehead atoms. The summed E-state index contributed by atoms with van der Waals surface area (Å²) in [7, 11) is 1.94. The standard InChI is InChI=1S/C11H10Cl2N2/c1-15-6-11(14-7-15)8-3-2-4-9(12)10(13)5-8/h2,4-7H,3H2,1H3. The molecule has 0 aromatic carbocycles. The Kier molecular flexibility index (Phi) is 2.98. The van der Waals surface area contributed by atoms with Crippen molar-refractivity contribution in [2.45, 2.75) is 6.42 Å². The molecule has 0 amide bonds. The Bertz CT molecular complexity index is 467. The van der Waals surface area contributed by atoms with Crippen LogP contribution in [-0.4, -0.2) is 9.55 Å². The number of imidazole rings is 1. The molecular weight excluding hydrogens is 231 g/mol. The van der Waals surface area contributed by atoms with E-state index in [1.165, 1.54) is 0 Å². The Balaban J connectivity index is 2.39. The van der Waals surface area contributed by atoms with Gasteiger partial charge in [0.2, 0.25) is 0 Å². The second kappa shape index (κ2) is 4.25. The molecule has 2 rings (SSSR count). The van der Waals surface area contributed by atoms with Crippen LogP contribution in [0.5, 0.6) is 0 Å². The van der Waals surface area contributed by atoms with Crippen LogP contribution in [0.3, 0.4) is 0 Å². The predicted octanol–water partition coefficient (Wildman–Crippen LogP) is 3.45. The number of rotatable bonds is 1. The molecule has 0 saturated carbocycles. The Morgan fingerprint density at radius 1 is 1.33 bits per heavy atom. The van der Waals surface area contributed by atoms with E-state index < -0.39 is 0 Å². The number of nitrogens with zero attached hydrogens (tertiary/aromatic N) is 2. The maximum Gasteiger partial charge on any atom is 0.0951 e. The molecule has 1 aromatic rings. The average Bonchev–Trinajstić information content (AvgIpc) is 2.55. The molecule has 1 aliphatic carbocycles. The Labute approximate surface area is 98.5 Å². The molecule has 0 spiro atoms. The van der Waals surface area contributed by atoms with Crippen LogP contribution >= 0.6 is 23.2 Å². The van der Waals surface area contributed by atoms with Gasteiger partial charge >= 0.3 is 0 Å². The molecule has 0 fully saturated rings. The van der Waals surface area contributed by atoms with Crippen molar-refractivity contribution in [2.24, 2.45) is 7.05 Å². The topological polar surface area (TPSA) is 17.8 Å². The summed E-state index contributed by atoms with van der Waals surface area (Å²) in [5.41, 5.74) is 2.01. The minimum absolute atomic E-state index is 0.561. The van der Waals surface area contributed by atoms with Gasteiger partial charge in [0.1, 0.15) is 0 Å². The Morgan fingerprint density at radius 3 is 2.80 bits per heavy atom. The minimum atomic E-state index is 0.561. The zero-order valence-corrected chi connectivity index (χ0v) is 9.76. The molecule has 0 atom stereocenters. The first-order chi connectivity index (χ1) is 7.16. The molecule has 0 aliphatic heterocycles. The molecule has 1 heterocycles. The zero-order valence-electron chi connectivity index (χ0n) is 8.24. The summed E-state index contributed by atoms with van der Waals surface area (Å²) >= 11 is 11.9. The fourth-order valence-electron chi connectivity index (χ4n) is 1.41. The maximum absolute atomic E-state index is 6.01. The number of hydrogen-bond donors (Lipinski definition) is 0. The summed E-state index contributed by atoms with van der Waals surface area (Å²) in [5, 5.41) is 1.13. The Morgan fingerprint density at radius 2 is 2.13 bits per heavy atom. The normalized spacial score (nSPS) is 16.6. The van der Waals surface area contributed by atoms with Crippen molar-refractivity contribution >= 4 is 28.8 Å². The fraction of sp³-hybridized carbons (Fsp3) is 0.182. The summed E-state index contributed by atoms with van der Waals surface area (Å²) in [5.74, 6) is 0. The fourth-order valence-corrected chi connectivity index (χ4v) is 1.75. The van der Waals surface area contributed by atoms with E-state index in [2.05, 4.69) is 4.98 Å². The van der Waals surface area contributed by atoms with E-state index in [0.717, 1.165) is 17.7 Å².